The molecule has 0 radical (unpaired) electrons. The Morgan fingerprint density at radius 1 is 0.567 bits per heavy atom. The van der Waals surface area contributed by atoms with E-state index in [0.29, 0.717) is 19.8 Å². The molecule has 3 aromatic rings. The maximum Gasteiger partial charge on any atom is 0.190 e. The van der Waals surface area contributed by atoms with Crippen molar-refractivity contribution in [2.75, 3.05) is 0 Å². The van der Waals surface area contributed by atoms with Gasteiger partial charge in [0.1, 0.15) is 12.2 Å². The van der Waals surface area contributed by atoms with Gasteiger partial charge in [-0.1, -0.05) is 91.0 Å². The van der Waals surface area contributed by atoms with Gasteiger partial charge in [-0.15, -0.1) is 0 Å². The number of ether oxygens (including phenoxy) is 4. The summed E-state index contributed by atoms with van der Waals surface area (Å²) >= 11 is 0. The third-order valence-electron chi connectivity index (χ3n) is 4.97. The Morgan fingerprint density at radius 2 is 0.967 bits per heavy atom. The van der Waals surface area contributed by atoms with Crippen LogP contribution in [0, 0.1) is 0 Å². The molecule has 1 aliphatic rings. The Morgan fingerprint density at radius 3 is 1.43 bits per heavy atom. The van der Waals surface area contributed by atoms with E-state index in [4.69, 9.17) is 18.9 Å². The van der Waals surface area contributed by atoms with Crippen molar-refractivity contribution in [3.05, 3.63) is 108 Å². The minimum absolute atomic E-state index is 0.350. The monoisotopic (exact) mass is 406 g/mol. The summed E-state index contributed by atoms with van der Waals surface area (Å²) < 4.78 is 23.8. The minimum atomic E-state index is -1.13. The number of aliphatic hydroxyl groups is 1. The van der Waals surface area contributed by atoms with Gasteiger partial charge in [-0.05, 0) is 16.7 Å². The smallest absolute Gasteiger partial charge is 0.190 e. The van der Waals surface area contributed by atoms with Crippen LogP contribution in [0.25, 0.3) is 0 Å². The molecule has 5 heteroatoms. The Hall–Kier alpha value is -2.54. The molecule has 1 saturated heterocycles. The van der Waals surface area contributed by atoms with Crippen molar-refractivity contribution in [3.8, 4) is 0 Å². The second-order valence-electron chi connectivity index (χ2n) is 7.21. The van der Waals surface area contributed by atoms with Crippen LogP contribution in [0.15, 0.2) is 91.0 Å². The van der Waals surface area contributed by atoms with Crippen LogP contribution in [0.3, 0.4) is 0 Å². The zero-order valence-corrected chi connectivity index (χ0v) is 16.7. The number of aliphatic hydroxyl groups excluding tert-OH is 1. The zero-order chi connectivity index (χ0) is 20.6. The predicted octanol–water partition coefficient (Wildman–Crippen LogP) is 4.05. The van der Waals surface area contributed by atoms with Crippen molar-refractivity contribution in [3.63, 3.8) is 0 Å². The maximum absolute atomic E-state index is 10.5. The maximum atomic E-state index is 10.5. The van der Waals surface area contributed by atoms with E-state index < -0.39 is 24.8 Å². The van der Waals surface area contributed by atoms with Gasteiger partial charge in [0.25, 0.3) is 0 Å². The summed E-state index contributed by atoms with van der Waals surface area (Å²) in [5, 5.41) is 10.5. The number of rotatable bonds is 9. The first-order valence-corrected chi connectivity index (χ1v) is 10.1. The highest BCUT2D eigenvalue weighted by molar-refractivity contribution is 5.15. The first-order valence-electron chi connectivity index (χ1n) is 10.1. The molecule has 0 spiro atoms. The molecule has 1 N–H and O–H groups in total. The Bertz CT molecular complexity index is 872. The fraction of sp³-hybridized carbons (Fsp3) is 0.280. The summed E-state index contributed by atoms with van der Waals surface area (Å²) in [6.07, 6.45) is -3.08. The van der Waals surface area contributed by atoms with Crippen LogP contribution in [0.5, 0.6) is 0 Å². The van der Waals surface area contributed by atoms with Crippen molar-refractivity contribution in [2.24, 2.45) is 0 Å². The van der Waals surface area contributed by atoms with Gasteiger partial charge in [0.2, 0.25) is 0 Å². The summed E-state index contributed by atoms with van der Waals surface area (Å²) in [6.45, 7) is 1.08. The summed E-state index contributed by atoms with van der Waals surface area (Å²) in [6, 6.07) is 29.5. The SMILES string of the molecule is OC1O[C@H](OCc2ccccc2)[C@@H](OCc2ccccc2)[C@@H]1OCc1ccccc1. The number of benzene rings is 3. The molecule has 1 heterocycles. The van der Waals surface area contributed by atoms with Crippen LogP contribution in [-0.4, -0.2) is 29.9 Å². The molecule has 30 heavy (non-hydrogen) atoms. The van der Waals surface area contributed by atoms with Crippen molar-refractivity contribution in [2.45, 2.75) is 44.6 Å². The van der Waals surface area contributed by atoms with Crippen molar-refractivity contribution < 1.29 is 24.1 Å². The summed E-state index contributed by atoms with van der Waals surface area (Å²) in [4.78, 5) is 0. The highest BCUT2D eigenvalue weighted by Gasteiger charge is 2.46. The van der Waals surface area contributed by atoms with Crippen LogP contribution < -0.4 is 0 Å². The van der Waals surface area contributed by atoms with Gasteiger partial charge < -0.3 is 24.1 Å². The van der Waals surface area contributed by atoms with Crippen molar-refractivity contribution in [1.82, 2.24) is 0 Å². The van der Waals surface area contributed by atoms with E-state index in [1.807, 2.05) is 91.0 Å². The molecular formula is C25H26O5. The Kier molecular flexibility index (Phi) is 7.24. The summed E-state index contributed by atoms with van der Waals surface area (Å²) in [7, 11) is 0. The van der Waals surface area contributed by atoms with Gasteiger partial charge >= 0.3 is 0 Å². The van der Waals surface area contributed by atoms with E-state index in [2.05, 4.69) is 0 Å². The fourth-order valence-electron chi connectivity index (χ4n) is 3.38. The molecule has 1 fully saturated rings. The Labute approximate surface area is 176 Å². The third kappa shape index (κ3) is 5.53. The average molecular weight is 406 g/mol. The molecule has 0 aromatic heterocycles. The standard InChI is InChI=1S/C25H26O5/c26-24-22(27-16-19-10-4-1-5-11-19)23(28-17-20-12-6-2-7-13-20)25(30-24)29-18-21-14-8-3-9-15-21/h1-15,22-26H,16-18H2/t22-,23-,24?,25-/m0/s1. The van der Waals surface area contributed by atoms with Crippen LogP contribution in [0.1, 0.15) is 16.7 Å². The highest BCUT2D eigenvalue weighted by atomic mass is 16.8. The van der Waals surface area contributed by atoms with E-state index in [1.54, 1.807) is 0 Å². The fourth-order valence-corrected chi connectivity index (χ4v) is 3.38. The molecule has 1 unspecified atom stereocenters. The van der Waals surface area contributed by atoms with E-state index in [0.717, 1.165) is 16.7 Å². The summed E-state index contributed by atoms with van der Waals surface area (Å²) in [5.74, 6) is 0. The van der Waals surface area contributed by atoms with Crippen LogP contribution in [0.2, 0.25) is 0 Å². The largest absolute Gasteiger partial charge is 0.366 e. The van der Waals surface area contributed by atoms with E-state index in [9.17, 15) is 5.11 Å². The molecule has 4 atom stereocenters. The van der Waals surface area contributed by atoms with Gasteiger partial charge in [-0.3, -0.25) is 0 Å². The zero-order valence-electron chi connectivity index (χ0n) is 16.7. The van der Waals surface area contributed by atoms with Crippen molar-refractivity contribution in [1.29, 1.82) is 0 Å². The molecular weight excluding hydrogens is 380 g/mol. The van der Waals surface area contributed by atoms with Gasteiger partial charge in [-0.25, -0.2) is 0 Å². The second-order valence-corrected chi connectivity index (χ2v) is 7.21. The second kappa shape index (κ2) is 10.5. The lowest BCUT2D eigenvalue weighted by molar-refractivity contribution is -0.215. The molecule has 0 aliphatic carbocycles. The van der Waals surface area contributed by atoms with Gasteiger partial charge in [0, 0.05) is 0 Å². The van der Waals surface area contributed by atoms with Crippen LogP contribution >= 0.6 is 0 Å². The van der Waals surface area contributed by atoms with E-state index >= 15 is 0 Å². The Balaban J connectivity index is 1.43. The molecule has 1 aliphatic heterocycles. The third-order valence-corrected chi connectivity index (χ3v) is 4.97. The van der Waals surface area contributed by atoms with Crippen LogP contribution in [-0.2, 0) is 38.8 Å². The van der Waals surface area contributed by atoms with Crippen LogP contribution in [0.4, 0.5) is 0 Å². The quantitative estimate of drug-likeness (QED) is 0.581. The first kappa shape index (κ1) is 20.7. The normalized spacial score (nSPS) is 23.5. The van der Waals surface area contributed by atoms with E-state index in [-0.39, 0.29) is 0 Å². The molecule has 156 valence electrons. The molecule has 0 bridgehead atoms. The molecule has 5 nitrogen and oxygen atoms in total. The molecule has 3 aromatic carbocycles. The first-order chi connectivity index (χ1) is 14.8. The molecule has 4 rings (SSSR count). The highest BCUT2D eigenvalue weighted by Crippen LogP contribution is 2.28. The predicted molar refractivity (Wildman–Crippen MR) is 112 cm³/mol. The number of hydrogen-bond acceptors (Lipinski definition) is 5. The van der Waals surface area contributed by atoms with Gasteiger partial charge in [0.15, 0.2) is 12.6 Å². The van der Waals surface area contributed by atoms with Crippen molar-refractivity contribution >= 4 is 0 Å². The summed E-state index contributed by atoms with van der Waals surface area (Å²) in [5.41, 5.74) is 3.06. The topological polar surface area (TPSA) is 57.2 Å². The van der Waals surface area contributed by atoms with Gasteiger partial charge in [0.05, 0.1) is 19.8 Å². The molecule has 0 amide bonds. The van der Waals surface area contributed by atoms with E-state index in [1.165, 1.54) is 0 Å². The average Bonchev–Trinajstić information content (AvgIpc) is 3.11. The minimum Gasteiger partial charge on any atom is -0.366 e. The lowest BCUT2D eigenvalue weighted by Crippen LogP contribution is -2.38. The molecule has 0 saturated carbocycles. The lowest BCUT2D eigenvalue weighted by Gasteiger charge is -2.24. The number of hydrogen-bond donors (Lipinski definition) is 1. The van der Waals surface area contributed by atoms with Gasteiger partial charge in [-0.2, -0.15) is 0 Å². The lowest BCUT2D eigenvalue weighted by atomic mass is 10.2.